The van der Waals surface area contributed by atoms with Crippen LogP contribution in [0.3, 0.4) is 0 Å². The first-order valence-electron chi connectivity index (χ1n) is 5.01. The zero-order chi connectivity index (χ0) is 15.2. The first kappa shape index (κ1) is 16.8. The lowest BCUT2D eigenvalue weighted by atomic mass is 10.1. The number of nitrogens with zero attached hydrogens (tertiary/aromatic N) is 1. The Morgan fingerprint density at radius 3 is 1.32 bits per heavy atom. The van der Waals surface area contributed by atoms with Crippen LogP contribution in [-0.4, -0.2) is 79.5 Å². The molecule has 0 aromatic heterocycles. The lowest BCUT2D eigenvalue weighted by Crippen LogP contribution is -2.57. The summed E-state index contributed by atoms with van der Waals surface area (Å²) in [4.78, 5) is 43.6. The molecular formula is C9H13NO9. The van der Waals surface area contributed by atoms with Crippen LogP contribution in [-0.2, 0) is 19.2 Å². The second-order valence-corrected chi connectivity index (χ2v) is 3.47. The molecule has 0 amide bonds. The minimum absolute atomic E-state index is 0.172. The van der Waals surface area contributed by atoms with Gasteiger partial charge in [-0.2, -0.15) is 0 Å². The fourth-order valence-corrected chi connectivity index (χ4v) is 1.44. The highest BCUT2D eigenvalue weighted by atomic mass is 16.4. The average molecular weight is 279 g/mol. The zero-order valence-electron chi connectivity index (χ0n) is 9.59. The van der Waals surface area contributed by atoms with Crippen LogP contribution in [0.15, 0.2) is 0 Å². The molecule has 19 heavy (non-hydrogen) atoms. The zero-order valence-corrected chi connectivity index (χ0v) is 9.59. The van der Waals surface area contributed by atoms with Crippen molar-refractivity contribution >= 4 is 23.9 Å². The van der Waals surface area contributed by atoms with Crippen molar-refractivity contribution in [3.63, 3.8) is 0 Å². The summed E-state index contributed by atoms with van der Waals surface area (Å²) in [6.45, 7) is -0.989. The molecule has 0 fully saturated rings. The van der Waals surface area contributed by atoms with Crippen molar-refractivity contribution in [1.29, 1.82) is 0 Å². The largest absolute Gasteiger partial charge is 0.480 e. The molecule has 5 N–H and O–H groups in total. The van der Waals surface area contributed by atoms with Gasteiger partial charge in [-0.05, 0) is 6.42 Å². The Balaban J connectivity index is 5.48. The van der Waals surface area contributed by atoms with E-state index in [0.717, 1.165) is 0 Å². The SMILES string of the molecule is O=C(O)C(C(=O)O)N(CCCO)C(C(=O)O)C(=O)O. The molecule has 0 atom stereocenters. The molecule has 10 heteroatoms. The van der Waals surface area contributed by atoms with Crippen molar-refractivity contribution in [2.24, 2.45) is 0 Å². The van der Waals surface area contributed by atoms with Gasteiger partial charge in [-0.1, -0.05) is 0 Å². The average Bonchev–Trinajstić information content (AvgIpc) is 2.23. The van der Waals surface area contributed by atoms with Crippen LogP contribution in [0.25, 0.3) is 0 Å². The third-order valence-corrected chi connectivity index (χ3v) is 2.17. The van der Waals surface area contributed by atoms with Crippen LogP contribution in [0.2, 0.25) is 0 Å². The maximum atomic E-state index is 10.8. The van der Waals surface area contributed by atoms with Gasteiger partial charge in [0.05, 0.1) is 0 Å². The van der Waals surface area contributed by atoms with E-state index >= 15 is 0 Å². The molecule has 10 nitrogen and oxygen atoms in total. The Morgan fingerprint density at radius 2 is 1.11 bits per heavy atom. The highest BCUT2D eigenvalue weighted by Gasteiger charge is 2.43. The van der Waals surface area contributed by atoms with Crippen molar-refractivity contribution in [2.75, 3.05) is 13.2 Å². The molecule has 0 radical (unpaired) electrons. The van der Waals surface area contributed by atoms with Crippen LogP contribution >= 0.6 is 0 Å². The summed E-state index contributed by atoms with van der Waals surface area (Å²) in [6.07, 6.45) is -0.172. The van der Waals surface area contributed by atoms with Gasteiger partial charge in [0.15, 0.2) is 0 Å². The Labute approximate surface area is 106 Å². The number of rotatable bonds is 9. The lowest BCUT2D eigenvalue weighted by Gasteiger charge is -2.28. The normalized spacial score (nSPS) is 10.9. The summed E-state index contributed by atoms with van der Waals surface area (Å²) in [5, 5.41) is 43.6. The van der Waals surface area contributed by atoms with E-state index in [9.17, 15) is 19.2 Å². The molecule has 0 aliphatic rings. The molecule has 0 aromatic carbocycles. The number of hydrogen-bond donors (Lipinski definition) is 5. The maximum Gasteiger partial charge on any atom is 0.332 e. The summed E-state index contributed by atoms with van der Waals surface area (Å²) in [6, 6.07) is -4.66. The van der Waals surface area contributed by atoms with Crippen molar-refractivity contribution in [3.05, 3.63) is 0 Å². The number of hydrogen-bond acceptors (Lipinski definition) is 6. The fourth-order valence-electron chi connectivity index (χ4n) is 1.44. The third-order valence-electron chi connectivity index (χ3n) is 2.17. The second-order valence-electron chi connectivity index (χ2n) is 3.47. The van der Waals surface area contributed by atoms with E-state index < -0.39 is 49.1 Å². The van der Waals surface area contributed by atoms with E-state index in [0.29, 0.717) is 0 Å². The fraction of sp³-hybridized carbons (Fsp3) is 0.556. The van der Waals surface area contributed by atoms with Crippen LogP contribution in [0.5, 0.6) is 0 Å². The summed E-state index contributed by atoms with van der Waals surface area (Å²) < 4.78 is 0. The van der Waals surface area contributed by atoms with Gasteiger partial charge in [-0.15, -0.1) is 0 Å². The summed E-state index contributed by atoms with van der Waals surface area (Å²) >= 11 is 0. The van der Waals surface area contributed by atoms with Crippen molar-refractivity contribution in [2.45, 2.75) is 18.5 Å². The number of carbonyl (C=O) groups is 4. The van der Waals surface area contributed by atoms with Gasteiger partial charge < -0.3 is 25.5 Å². The number of carboxylic acids is 4. The second kappa shape index (κ2) is 7.28. The smallest absolute Gasteiger partial charge is 0.332 e. The minimum atomic E-state index is -2.33. The lowest BCUT2D eigenvalue weighted by molar-refractivity contribution is -0.165. The molecule has 0 rings (SSSR count). The number of aliphatic hydroxyl groups excluding tert-OH is 1. The molecule has 0 aromatic rings. The van der Waals surface area contributed by atoms with Gasteiger partial charge in [-0.25, -0.2) is 19.2 Å². The van der Waals surface area contributed by atoms with Crippen LogP contribution < -0.4 is 0 Å². The minimum Gasteiger partial charge on any atom is -0.480 e. The van der Waals surface area contributed by atoms with Gasteiger partial charge in [-0.3, -0.25) is 4.90 Å². The van der Waals surface area contributed by atoms with Crippen LogP contribution in [0.1, 0.15) is 6.42 Å². The summed E-state index contributed by atoms with van der Waals surface area (Å²) in [5.41, 5.74) is 0. The van der Waals surface area contributed by atoms with Gasteiger partial charge in [0.1, 0.15) is 0 Å². The van der Waals surface area contributed by atoms with Gasteiger partial charge in [0.25, 0.3) is 0 Å². The Morgan fingerprint density at radius 1 is 0.789 bits per heavy atom. The first-order chi connectivity index (χ1) is 8.73. The van der Waals surface area contributed by atoms with Crippen LogP contribution in [0.4, 0.5) is 0 Å². The standard InChI is InChI=1S/C9H13NO9/c11-3-1-2-10(4(6(12)13)7(14)15)5(8(16)17)9(18)19/h4-5,11H,1-3H2,(H,12,13)(H,14,15)(H,16,17)(H,18,19). The van der Waals surface area contributed by atoms with E-state index in [-0.39, 0.29) is 11.3 Å². The van der Waals surface area contributed by atoms with Gasteiger partial charge in [0.2, 0.25) is 12.1 Å². The highest BCUT2D eigenvalue weighted by Crippen LogP contribution is 2.10. The Hall–Kier alpha value is -2.20. The number of aliphatic carboxylic acids is 4. The Bertz CT molecular complexity index is 320. The van der Waals surface area contributed by atoms with Crippen molar-refractivity contribution < 1.29 is 44.7 Å². The predicted molar refractivity (Wildman–Crippen MR) is 56.5 cm³/mol. The molecule has 0 saturated heterocycles. The van der Waals surface area contributed by atoms with E-state index in [1.807, 2.05) is 0 Å². The molecular weight excluding hydrogens is 266 g/mol. The highest BCUT2D eigenvalue weighted by molar-refractivity contribution is 6.02. The summed E-state index contributed by atoms with van der Waals surface area (Å²) in [7, 11) is 0. The third kappa shape index (κ3) is 4.52. The maximum absolute atomic E-state index is 10.8. The van der Waals surface area contributed by atoms with Gasteiger partial charge in [0, 0.05) is 13.2 Å². The molecule has 0 heterocycles. The molecule has 108 valence electrons. The molecule has 0 unspecified atom stereocenters. The first-order valence-corrected chi connectivity index (χ1v) is 5.01. The molecule has 0 aliphatic heterocycles. The molecule has 0 spiro atoms. The molecule has 0 saturated carbocycles. The predicted octanol–water partition coefficient (Wildman–Crippen LogP) is -2.25. The topological polar surface area (TPSA) is 173 Å². The Kier molecular flexibility index (Phi) is 6.44. The van der Waals surface area contributed by atoms with E-state index in [2.05, 4.69) is 0 Å². The molecule has 0 bridgehead atoms. The number of aliphatic hydroxyl groups is 1. The van der Waals surface area contributed by atoms with Gasteiger partial charge >= 0.3 is 23.9 Å². The van der Waals surface area contributed by atoms with Crippen molar-refractivity contribution in [1.82, 2.24) is 4.90 Å². The van der Waals surface area contributed by atoms with E-state index in [1.54, 1.807) is 0 Å². The van der Waals surface area contributed by atoms with E-state index in [1.165, 1.54) is 0 Å². The van der Waals surface area contributed by atoms with Crippen LogP contribution in [0, 0.1) is 0 Å². The quantitative estimate of drug-likeness (QED) is 0.290. The summed E-state index contributed by atoms with van der Waals surface area (Å²) in [5.74, 6) is -7.56. The van der Waals surface area contributed by atoms with E-state index in [4.69, 9.17) is 25.5 Å². The van der Waals surface area contributed by atoms with Crippen molar-refractivity contribution in [3.8, 4) is 0 Å². The molecule has 0 aliphatic carbocycles. The monoisotopic (exact) mass is 279 g/mol. The number of carboxylic acid groups (broad SMARTS) is 4.